The Bertz CT molecular complexity index is 1550. The van der Waals surface area contributed by atoms with Crippen LogP contribution in [0, 0.1) is 0 Å². The van der Waals surface area contributed by atoms with Gasteiger partial charge in [0.25, 0.3) is 10.0 Å². The van der Waals surface area contributed by atoms with Crippen molar-refractivity contribution in [2.75, 3.05) is 25.1 Å². The number of rotatable bonds is 12. The number of sulfonamides is 1. The Morgan fingerprint density at radius 3 is 2.16 bits per heavy atom. The fourth-order valence-electron chi connectivity index (χ4n) is 5.23. The standard InChI is InChI=1S/C32H37Cl2N3O6S/c1-22(32(39)35-23-11-6-4-7-12-23)36(20-26-27(33)15-10-16-28(26)34)31(38)21-37(24-13-8-5-9-14-24)44(40,41)25-17-18-29(42-2)30(19-25)43-3/h5,8-10,13-19,22-23H,4,6-7,11-12,20-21H2,1-3H3,(H,35,39)/t22-/m0/s1. The van der Waals surface area contributed by atoms with E-state index >= 15 is 0 Å². The van der Waals surface area contributed by atoms with Gasteiger partial charge < -0.3 is 19.7 Å². The van der Waals surface area contributed by atoms with Crippen LogP contribution in [0.2, 0.25) is 10.0 Å². The van der Waals surface area contributed by atoms with E-state index in [1.54, 1.807) is 55.5 Å². The van der Waals surface area contributed by atoms with Gasteiger partial charge >= 0.3 is 0 Å². The van der Waals surface area contributed by atoms with Crippen LogP contribution in [-0.2, 0) is 26.2 Å². The predicted molar refractivity (Wildman–Crippen MR) is 172 cm³/mol. The molecule has 0 aromatic heterocycles. The lowest BCUT2D eigenvalue weighted by atomic mass is 9.95. The van der Waals surface area contributed by atoms with Crippen LogP contribution < -0.4 is 19.1 Å². The number of carbonyl (C=O) groups excluding carboxylic acids is 2. The molecule has 1 atom stereocenters. The van der Waals surface area contributed by atoms with Gasteiger partial charge in [-0.2, -0.15) is 0 Å². The lowest BCUT2D eigenvalue weighted by Crippen LogP contribution is -2.53. The molecule has 9 nitrogen and oxygen atoms in total. The molecular weight excluding hydrogens is 625 g/mol. The van der Waals surface area contributed by atoms with Gasteiger partial charge in [0.2, 0.25) is 11.8 Å². The van der Waals surface area contributed by atoms with Gasteiger partial charge in [0, 0.05) is 34.3 Å². The number of para-hydroxylation sites is 1. The zero-order chi connectivity index (χ0) is 31.9. The van der Waals surface area contributed by atoms with Crippen molar-refractivity contribution in [3.63, 3.8) is 0 Å². The summed E-state index contributed by atoms with van der Waals surface area (Å²) in [5.74, 6) is -0.368. The van der Waals surface area contributed by atoms with Crippen LogP contribution in [0.1, 0.15) is 44.6 Å². The van der Waals surface area contributed by atoms with Gasteiger partial charge in [0.15, 0.2) is 11.5 Å². The van der Waals surface area contributed by atoms with Gasteiger partial charge in [-0.3, -0.25) is 13.9 Å². The number of nitrogens with one attached hydrogen (secondary N) is 1. The lowest BCUT2D eigenvalue weighted by Gasteiger charge is -2.33. The fraction of sp³-hybridized carbons (Fsp3) is 0.375. The number of ether oxygens (including phenoxy) is 2. The molecule has 1 saturated carbocycles. The zero-order valence-corrected chi connectivity index (χ0v) is 27.3. The second-order valence-corrected chi connectivity index (χ2v) is 13.3. The van der Waals surface area contributed by atoms with Crippen molar-refractivity contribution in [3.8, 4) is 11.5 Å². The highest BCUT2D eigenvalue weighted by atomic mass is 35.5. The van der Waals surface area contributed by atoms with E-state index in [1.807, 2.05) is 0 Å². The number of carbonyl (C=O) groups is 2. The van der Waals surface area contributed by atoms with E-state index in [4.69, 9.17) is 32.7 Å². The topological polar surface area (TPSA) is 105 Å². The summed E-state index contributed by atoms with van der Waals surface area (Å²) >= 11 is 12.9. The number of halogens is 2. The fourth-order valence-corrected chi connectivity index (χ4v) is 7.18. The molecule has 12 heteroatoms. The Balaban J connectivity index is 1.71. The lowest BCUT2D eigenvalue weighted by molar-refractivity contribution is -0.139. The van der Waals surface area contributed by atoms with Crippen molar-refractivity contribution >= 4 is 50.7 Å². The molecule has 3 aromatic carbocycles. The number of hydrogen-bond acceptors (Lipinski definition) is 6. The van der Waals surface area contributed by atoms with Crippen molar-refractivity contribution in [1.29, 1.82) is 0 Å². The summed E-state index contributed by atoms with van der Waals surface area (Å²) in [6.45, 7) is 0.927. The number of nitrogens with zero attached hydrogens (tertiary/aromatic N) is 2. The summed E-state index contributed by atoms with van der Waals surface area (Å²) in [5, 5.41) is 3.73. The molecule has 0 unspecified atom stereocenters. The molecule has 1 N–H and O–H groups in total. The number of methoxy groups -OCH3 is 2. The molecular formula is C32H37Cl2N3O6S. The Labute approximate surface area is 269 Å². The summed E-state index contributed by atoms with van der Waals surface area (Å²) < 4.78 is 39.9. The maximum atomic E-state index is 14.2. The Kier molecular flexibility index (Phi) is 11.4. The largest absolute Gasteiger partial charge is 0.493 e. The van der Waals surface area contributed by atoms with Crippen molar-refractivity contribution in [1.82, 2.24) is 10.2 Å². The van der Waals surface area contributed by atoms with Crippen molar-refractivity contribution < 1.29 is 27.5 Å². The van der Waals surface area contributed by atoms with Gasteiger partial charge in [0.05, 0.1) is 24.8 Å². The molecule has 2 amide bonds. The third-order valence-corrected chi connectivity index (χ3v) is 10.3. The van der Waals surface area contributed by atoms with E-state index in [-0.39, 0.29) is 34.8 Å². The number of amides is 2. The molecule has 0 radical (unpaired) electrons. The van der Waals surface area contributed by atoms with Crippen LogP contribution in [0.15, 0.2) is 71.6 Å². The molecule has 3 aromatic rings. The van der Waals surface area contributed by atoms with Crippen LogP contribution in [0.25, 0.3) is 0 Å². The van der Waals surface area contributed by atoms with E-state index in [9.17, 15) is 18.0 Å². The highest BCUT2D eigenvalue weighted by Gasteiger charge is 2.34. The van der Waals surface area contributed by atoms with Gasteiger partial charge in [-0.1, -0.05) is 66.7 Å². The minimum Gasteiger partial charge on any atom is -0.493 e. The quantitative estimate of drug-likeness (QED) is 0.253. The molecule has 0 bridgehead atoms. The summed E-state index contributed by atoms with van der Waals surface area (Å²) in [5.41, 5.74) is 0.723. The van der Waals surface area contributed by atoms with Crippen LogP contribution in [0.4, 0.5) is 5.69 Å². The Morgan fingerprint density at radius 1 is 0.909 bits per heavy atom. The summed E-state index contributed by atoms with van der Waals surface area (Å²) in [6, 6.07) is 16.6. The molecule has 44 heavy (non-hydrogen) atoms. The van der Waals surface area contributed by atoms with Crippen LogP contribution in [0.3, 0.4) is 0 Å². The van der Waals surface area contributed by atoms with E-state index < -0.39 is 28.5 Å². The normalized spacial score (nSPS) is 14.4. The van der Waals surface area contributed by atoms with E-state index in [0.717, 1.165) is 36.4 Å². The average molecular weight is 663 g/mol. The van der Waals surface area contributed by atoms with Crippen LogP contribution in [-0.4, -0.2) is 58.0 Å². The first kappa shape index (κ1) is 33.4. The number of benzene rings is 3. The summed E-state index contributed by atoms with van der Waals surface area (Å²) in [6.07, 6.45) is 4.91. The molecule has 0 saturated heterocycles. The monoisotopic (exact) mass is 661 g/mol. The summed E-state index contributed by atoms with van der Waals surface area (Å²) in [7, 11) is -1.44. The van der Waals surface area contributed by atoms with Crippen molar-refractivity contribution in [3.05, 3.63) is 82.3 Å². The number of anilines is 1. The van der Waals surface area contributed by atoms with Gasteiger partial charge in [-0.15, -0.1) is 0 Å². The average Bonchev–Trinajstić information content (AvgIpc) is 3.03. The number of hydrogen-bond donors (Lipinski definition) is 1. The molecule has 1 fully saturated rings. The summed E-state index contributed by atoms with van der Waals surface area (Å²) in [4.78, 5) is 28.9. The van der Waals surface area contributed by atoms with Crippen LogP contribution in [0.5, 0.6) is 11.5 Å². The zero-order valence-electron chi connectivity index (χ0n) is 25.0. The molecule has 4 rings (SSSR count). The molecule has 0 heterocycles. The highest BCUT2D eigenvalue weighted by Crippen LogP contribution is 2.33. The second-order valence-electron chi connectivity index (χ2n) is 10.6. The molecule has 236 valence electrons. The van der Waals surface area contributed by atoms with Gasteiger partial charge in [-0.05, 0) is 56.2 Å². The van der Waals surface area contributed by atoms with E-state index in [1.165, 1.54) is 37.3 Å². The first-order chi connectivity index (χ1) is 21.1. The smallest absolute Gasteiger partial charge is 0.264 e. The van der Waals surface area contributed by atoms with Crippen molar-refractivity contribution in [2.24, 2.45) is 0 Å². The first-order valence-corrected chi connectivity index (χ1v) is 16.6. The minimum atomic E-state index is -4.30. The molecule has 0 spiro atoms. The maximum Gasteiger partial charge on any atom is 0.264 e. The highest BCUT2D eigenvalue weighted by molar-refractivity contribution is 7.92. The van der Waals surface area contributed by atoms with Crippen molar-refractivity contribution in [2.45, 2.75) is 62.6 Å². The van der Waals surface area contributed by atoms with Crippen LogP contribution >= 0.6 is 23.2 Å². The first-order valence-electron chi connectivity index (χ1n) is 14.4. The minimum absolute atomic E-state index is 0.0193. The van der Waals surface area contributed by atoms with E-state index in [0.29, 0.717) is 21.4 Å². The van der Waals surface area contributed by atoms with E-state index in [2.05, 4.69) is 5.32 Å². The van der Waals surface area contributed by atoms with Gasteiger partial charge in [-0.25, -0.2) is 8.42 Å². The second kappa shape index (κ2) is 15.0. The van der Waals surface area contributed by atoms with Gasteiger partial charge in [0.1, 0.15) is 12.6 Å². The third kappa shape index (κ3) is 7.78. The maximum absolute atomic E-state index is 14.2. The third-order valence-electron chi connectivity index (χ3n) is 7.78. The molecule has 1 aliphatic rings. The molecule has 0 aliphatic heterocycles. The Hall–Kier alpha value is -3.47. The molecule has 1 aliphatic carbocycles. The Morgan fingerprint density at radius 2 is 1.55 bits per heavy atom. The SMILES string of the molecule is COc1ccc(S(=O)(=O)N(CC(=O)N(Cc2c(Cl)cccc2Cl)[C@@H](C)C(=O)NC2CCCCC2)c2ccccc2)cc1OC. The predicted octanol–water partition coefficient (Wildman–Crippen LogP) is 6.07.